The lowest BCUT2D eigenvalue weighted by Crippen LogP contribution is -2.16. The maximum absolute atomic E-state index is 12.7. The fourth-order valence-electron chi connectivity index (χ4n) is 3.02. The zero-order chi connectivity index (χ0) is 22.5. The van der Waals surface area contributed by atoms with Crippen molar-refractivity contribution in [1.29, 1.82) is 0 Å². The van der Waals surface area contributed by atoms with Gasteiger partial charge in [-0.15, -0.1) is 11.3 Å². The Morgan fingerprint density at radius 2 is 1.97 bits per heavy atom. The molecule has 0 atom stereocenters. The first-order chi connectivity index (χ1) is 15.5. The van der Waals surface area contributed by atoms with Crippen LogP contribution in [0.2, 0.25) is 5.02 Å². The molecule has 1 heterocycles. The highest BCUT2D eigenvalue weighted by molar-refractivity contribution is 9.10. The van der Waals surface area contributed by atoms with Gasteiger partial charge >= 0.3 is 0 Å². The maximum atomic E-state index is 12.7. The van der Waals surface area contributed by atoms with Gasteiger partial charge in [0.25, 0.3) is 5.91 Å². The van der Waals surface area contributed by atoms with Crippen molar-refractivity contribution in [2.24, 2.45) is 5.10 Å². The zero-order valence-corrected chi connectivity index (χ0v) is 20.1. The average Bonchev–Trinajstić information content (AvgIpc) is 3.15. The van der Waals surface area contributed by atoms with Crippen molar-refractivity contribution in [3.05, 3.63) is 92.2 Å². The van der Waals surface area contributed by atoms with Gasteiger partial charge in [0, 0.05) is 20.1 Å². The quantitative estimate of drug-likeness (QED) is 0.215. The largest absolute Gasteiger partial charge is 0.497 e. The molecule has 0 aliphatic heterocycles. The number of hydrogen-bond donors (Lipinski definition) is 1. The number of hydrogen-bond acceptors (Lipinski definition) is 5. The van der Waals surface area contributed by atoms with E-state index in [0.29, 0.717) is 28.0 Å². The lowest BCUT2D eigenvalue weighted by atomic mass is 10.2. The second-order valence-corrected chi connectivity index (χ2v) is 9.11. The number of amides is 1. The third-order valence-electron chi connectivity index (χ3n) is 4.62. The predicted octanol–water partition coefficient (Wildman–Crippen LogP) is 6.67. The van der Waals surface area contributed by atoms with Crippen molar-refractivity contribution in [1.82, 2.24) is 5.43 Å². The minimum Gasteiger partial charge on any atom is -0.497 e. The number of methoxy groups -OCH3 is 1. The number of carbonyl (C=O) groups is 1. The van der Waals surface area contributed by atoms with Gasteiger partial charge in [-0.25, -0.2) is 5.43 Å². The van der Waals surface area contributed by atoms with E-state index in [0.717, 1.165) is 25.7 Å². The van der Waals surface area contributed by atoms with Crippen LogP contribution in [0, 0.1) is 0 Å². The second-order valence-electron chi connectivity index (χ2n) is 6.76. The van der Waals surface area contributed by atoms with Gasteiger partial charge in [0.15, 0.2) is 0 Å². The van der Waals surface area contributed by atoms with Gasteiger partial charge < -0.3 is 9.47 Å². The molecule has 0 saturated heterocycles. The third-order valence-corrected chi connectivity index (χ3v) is 6.77. The van der Waals surface area contributed by atoms with Crippen LogP contribution in [0.5, 0.6) is 11.5 Å². The standard InChI is InChI=1S/C24H18BrClN2O3S/c1-30-18-8-9-19-21(12-18)32-23(22(19)26)24(29)28-27-13-16-11-17(25)7-10-20(16)31-14-15-5-3-2-4-6-15/h2-13H,14H2,1H3,(H,28,29)/b27-13-. The van der Waals surface area contributed by atoms with E-state index in [2.05, 4.69) is 26.5 Å². The monoisotopic (exact) mass is 528 g/mol. The summed E-state index contributed by atoms with van der Waals surface area (Å²) in [7, 11) is 1.60. The van der Waals surface area contributed by atoms with Gasteiger partial charge in [0.05, 0.1) is 18.3 Å². The molecule has 0 spiro atoms. The summed E-state index contributed by atoms with van der Waals surface area (Å²) >= 11 is 11.2. The second kappa shape index (κ2) is 10.2. The van der Waals surface area contributed by atoms with Crippen LogP contribution < -0.4 is 14.9 Å². The van der Waals surface area contributed by atoms with Gasteiger partial charge in [-0.1, -0.05) is 57.9 Å². The molecule has 3 aromatic carbocycles. The first-order valence-corrected chi connectivity index (χ1v) is 11.6. The van der Waals surface area contributed by atoms with Crippen molar-refractivity contribution in [2.75, 3.05) is 7.11 Å². The van der Waals surface area contributed by atoms with Crippen molar-refractivity contribution in [3.63, 3.8) is 0 Å². The molecule has 0 unspecified atom stereocenters. The van der Waals surface area contributed by atoms with Crippen LogP contribution >= 0.6 is 38.9 Å². The number of thiophene rings is 1. The van der Waals surface area contributed by atoms with Gasteiger partial charge in [0.2, 0.25) is 0 Å². The minimum atomic E-state index is -0.381. The van der Waals surface area contributed by atoms with Crippen molar-refractivity contribution < 1.29 is 14.3 Å². The van der Waals surface area contributed by atoms with E-state index in [9.17, 15) is 4.79 Å². The molecule has 0 saturated carbocycles. The van der Waals surface area contributed by atoms with E-state index in [1.54, 1.807) is 13.3 Å². The number of nitrogens with zero attached hydrogens (tertiary/aromatic N) is 1. The van der Waals surface area contributed by atoms with Crippen LogP contribution in [-0.2, 0) is 6.61 Å². The Balaban J connectivity index is 1.49. The molecule has 4 aromatic rings. The number of halogens is 2. The molecule has 8 heteroatoms. The average molecular weight is 530 g/mol. The highest BCUT2D eigenvalue weighted by atomic mass is 79.9. The van der Waals surface area contributed by atoms with Crippen molar-refractivity contribution in [2.45, 2.75) is 6.61 Å². The molecule has 1 amide bonds. The Bertz CT molecular complexity index is 1290. The molecular formula is C24H18BrClN2O3S. The summed E-state index contributed by atoms with van der Waals surface area (Å²) in [5.41, 5.74) is 4.34. The highest BCUT2D eigenvalue weighted by Crippen LogP contribution is 2.37. The molecule has 0 radical (unpaired) electrons. The van der Waals surface area contributed by atoms with E-state index < -0.39 is 0 Å². The first-order valence-electron chi connectivity index (χ1n) is 9.61. The molecule has 1 N–H and O–H groups in total. The molecule has 32 heavy (non-hydrogen) atoms. The number of benzene rings is 3. The highest BCUT2D eigenvalue weighted by Gasteiger charge is 2.17. The smallest absolute Gasteiger partial charge is 0.283 e. The van der Waals surface area contributed by atoms with Gasteiger partial charge in [0.1, 0.15) is 23.0 Å². The third kappa shape index (κ3) is 5.12. The van der Waals surface area contributed by atoms with Crippen LogP contribution in [0.4, 0.5) is 0 Å². The minimum absolute atomic E-state index is 0.381. The molecule has 4 rings (SSSR count). The lowest BCUT2D eigenvalue weighted by molar-refractivity contribution is 0.0959. The SMILES string of the molecule is COc1ccc2c(Cl)c(C(=O)N/N=C\c3cc(Br)ccc3OCc3ccccc3)sc2c1. The Morgan fingerprint density at radius 1 is 1.16 bits per heavy atom. The molecule has 5 nitrogen and oxygen atoms in total. The van der Waals surface area contributed by atoms with E-state index in [-0.39, 0.29) is 5.91 Å². The molecule has 0 fully saturated rings. The van der Waals surface area contributed by atoms with Gasteiger partial charge in [-0.05, 0) is 42.0 Å². The molecule has 1 aromatic heterocycles. The van der Waals surface area contributed by atoms with E-state index in [1.807, 2.05) is 66.7 Å². The van der Waals surface area contributed by atoms with Crippen LogP contribution in [0.25, 0.3) is 10.1 Å². The Hall–Kier alpha value is -2.87. The van der Waals surface area contributed by atoms with Crippen LogP contribution in [-0.4, -0.2) is 19.2 Å². The first kappa shape index (κ1) is 22.3. The van der Waals surface area contributed by atoms with Crippen LogP contribution in [0.3, 0.4) is 0 Å². The summed E-state index contributed by atoms with van der Waals surface area (Å²) in [5, 5.41) is 5.32. The van der Waals surface area contributed by atoms with Crippen molar-refractivity contribution >= 4 is 61.1 Å². The summed E-state index contributed by atoms with van der Waals surface area (Å²) in [6.07, 6.45) is 1.55. The van der Waals surface area contributed by atoms with Crippen molar-refractivity contribution in [3.8, 4) is 11.5 Å². The molecule has 162 valence electrons. The Morgan fingerprint density at radius 3 is 2.75 bits per heavy atom. The number of ether oxygens (including phenoxy) is 2. The number of nitrogens with one attached hydrogen (secondary N) is 1. The van der Waals surface area contributed by atoms with Gasteiger partial charge in [-0.3, -0.25) is 4.79 Å². The Labute approximate surface area is 202 Å². The van der Waals surface area contributed by atoms with Crippen LogP contribution in [0.15, 0.2) is 76.3 Å². The summed E-state index contributed by atoms with van der Waals surface area (Å²) in [6.45, 7) is 0.427. The number of fused-ring (bicyclic) bond motifs is 1. The predicted molar refractivity (Wildman–Crippen MR) is 133 cm³/mol. The normalized spacial score (nSPS) is 11.1. The van der Waals surface area contributed by atoms with E-state index in [4.69, 9.17) is 21.1 Å². The topological polar surface area (TPSA) is 59.9 Å². The Kier molecular flexibility index (Phi) is 7.09. The molecule has 0 aliphatic carbocycles. The van der Waals surface area contributed by atoms with E-state index >= 15 is 0 Å². The summed E-state index contributed by atoms with van der Waals surface area (Å²) in [5.74, 6) is 0.980. The number of hydrazone groups is 1. The maximum Gasteiger partial charge on any atom is 0.283 e. The lowest BCUT2D eigenvalue weighted by Gasteiger charge is -2.09. The van der Waals surface area contributed by atoms with E-state index in [1.165, 1.54) is 11.3 Å². The van der Waals surface area contributed by atoms with Gasteiger partial charge in [-0.2, -0.15) is 5.10 Å². The summed E-state index contributed by atoms with van der Waals surface area (Å²) in [4.78, 5) is 13.1. The molecule has 0 bridgehead atoms. The summed E-state index contributed by atoms with van der Waals surface area (Å²) in [6, 6.07) is 21.0. The number of carbonyl (C=O) groups excluding carboxylic acids is 1. The molecule has 0 aliphatic rings. The zero-order valence-electron chi connectivity index (χ0n) is 17.0. The summed E-state index contributed by atoms with van der Waals surface area (Å²) < 4.78 is 12.9. The number of rotatable bonds is 7. The molecular weight excluding hydrogens is 512 g/mol. The fourth-order valence-corrected chi connectivity index (χ4v) is 4.83. The fraction of sp³-hybridized carbons (Fsp3) is 0.0833. The van der Waals surface area contributed by atoms with Crippen LogP contribution in [0.1, 0.15) is 20.8 Å².